The van der Waals surface area contributed by atoms with E-state index in [-0.39, 0.29) is 23.7 Å². The topological polar surface area (TPSA) is 48.0 Å². The molecule has 0 aliphatic rings. The second-order valence-electron chi connectivity index (χ2n) is 4.71. The number of benzene rings is 2. The van der Waals surface area contributed by atoms with E-state index in [1.165, 1.54) is 10.6 Å². The molecule has 0 fully saturated rings. The summed E-state index contributed by atoms with van der Waals surface area (Å²) in [6.45, 7) is 0. The normalized spacial score (nSPS) is 10.4. The number of aromatic nitrogens is 1. The van der Waals surface area contributed by atoms with Crippen molar-refractivity contribution >= 4 is 28.9 Å². The van der Waals surface area contributed by atoms with Gasteiger partial charge in [-0.15, -0.1) is 12.4 Å². The van der Waals surface area contributed by atoms with E-state index in [0.717, 1.165) is 5.39 Å². The number of fused-ring (bicyclic) bond motifs is 1. The van der Waals surface area contributed by atoms with Crippen molar-refractivity contribution in [1.82, 2.24) is 4.57 Å². The first-order valence-corrected chi connectivity index (χ1v) is 6.22. The van der Waals surface area contributed by atoms with E-state index in [4.69, 9.17) is 5.73 Å². The minimum atomic E-state index is -0.462. The summed E-state index contributed by atoms with van der Waals surface area (Å²) in [5, 5.41) is 1.29. The SMILES string of the molecule is Cl.Cn1cc(-c2cccc(N)c2F)c2ccccc2c1=O. The highest BCUT2D eigenvalue weighted by Gasteiger charge is 2.13. The predicted molar refractivity (Wildman–Crippen MR) is 86.2 cm³/mol. The molecule has 3 aromatic rings. The summed E-state index contributed by atoms with van der Waals surface area (Å²) in [7, 11) is 1.66. The number of nitrogens with two attached hydrogens (primary N) is 1. The zero-order chi connectivity index (χ0) is 14.3. The van der Waals surface area contributed by atoms with Gasteiger partial charge in [0.2, 0.25) is 0 Å². The maximum absolute atomic E-state index is 14.2. The summed E-state index contributed by atoms with van der Waals surface area (Å²) in [5.41, 5.74) is 6.68. The maximum atomic E-state index is 14.2. The average Bonchev–Trinajstić information content (AvgIpc) is 2.46. The Morgan fingerprint density at radius 1 is 1.00 bits per heavy atom. The monoisotopic (exact) mass is 304 g/mol. The highest BCUT2D eigenvalue weighted by Crippen LogP contribution is 2.30. The summed E-state index contributed by atoms with van der Waals surface area (Å²) in [5.74, 6) is -0.462. The Labute approximate surface area is 127 Å². The van der Waals surface area contributed by atoms with E-state index in [1.54, 1.807) is 37.5 Å². The highest BCUT2D eigenvalue weighted by molar-refractivity contribution is 5.96. The Bertz CT molecular complexity index is 874. The highest BCUT2D eigenvalue weighted by atomic mass is 35.5. The number of aryl methyl sites for hydroxylation is 1. The Morgan fingerprint density at radius 2 is 1.67 bits per heavy atom. The van der Waals surface area contributed by atoms with Gasteiger partial charge in [0.05, 0.1) is 5.69 Å². The van der Waals surface area contributed by atoms with Crippen molar-refractivity contribution in [3.63, 3.8) is 0 Å². The summed E-state index contributed by atoms with van der Waals surface area (Å²) < 4.78 is 15.7. The molecule has 0 radical (unpaired) electrons. The molecule has 108 valence electrons. The van der Waals surface area contributed by atoms with Crippen molar-refractivity contribution in [2.24, 2.45) is 7.05 Å². The number of nitrogen functional groups attached to an aromatic ring is 1. The molecule has 3 nitrogen and oxygen atoms in total. The molecule has 1 heterocycles. The third-order valence-corrected chi connectivity index (χ3v) is 3.41. The fourth-order valence-electron chi connectivity index (χ4n) is 2.39. The standard InChI is InChI=1S/C16H13FN2O.ClH/c1-19-9-13(11-7-4-8-14(18)15(11)17)10-5-2-3-6-12(10)16(19)20;/h2-9H,18H2,1H3;1H. The first kappa shape index (κ1) is 15.1. The van der Waals surface area contributed by atoms with E-state index in [9.17, 15) is 9.18 Å². The Kier molecular flexibility index (Phi) is 4.00. The van der Waals surface area contributed by atoms with Crippen LogP contribution in [-0.4, -0.2) is 4.57 Å². The van der Waals surface area contributed by atoms with E-state index in [1.807, 2.05) is 12.1 Å². The molecule has 0 amide bonds. The number of pyridine rings is 1. The fraction of sp³-hybridized carbons (Fsp3) is 0.0625. The number of nitrogens with zero attached hydrogens (tertiary/aromatic N) is 1. The van der Waals surface area contributed by atoms with Gasteiger partial charge in [-0.05, 0) is 17.5 Å². The van der Waals surface area contributed by atoms with Gasteiger partial charge in [-0.25, -0.2) is 4.39 Å². The zero-order valence-electron chi connectivity index (χ0n) is 11.3. The average molecular weight is 305 g/mol. The molecule has 0 unspecified atom stereocenters. The van der Waals surface area contributed by atoms with E-state index >= 15 is 0 Å². The van der Waals surface area contributed by atoms with Gasteiger partial charge >= 0.3 is 0 Å². The van der Waals surface area contributed by atoms with Crippen LogP contribution in [-0.2, 0) is 7.05 Å². The van der Waals surface area contributed by atoms with Gasteiger partial charge in [0.1, 0.15) is 0 Å². The van der Waals surface area contributed by atoms with E-state index in [2.05, 4.69) is 0 Å². The largest absolute Gasteiger partial charge is 0.396 e. The summed E-state index contributed by atoms with van der Waals surface area (Å²) in [4.78, 5) is 12.1. The third-order valence-electron chi connectivity index (χ3n) is 3.41. The van der Waals surface area contributed by atoms with Gasteiger partial charge in [-0.1, -0.05) is 30.3 Å². The molecule has 2 N–H and O–H groups in total. The van der Waals surface area contributed by atoms with Gasteiger partial charge in [-0.2, -0.15) is 0 Å². The second-order valence-corrected chi connectivity index (χ2v) is 4.71. The van der Waals surface area contributed by atoms with Crippen LogP contribution in [0.4, 0.5) is 10.1 Å². The lowest BCUT2D eigenvalue weighted by Crippen LogP contribution is -2.16. The summed E-state index contributed by atoms with van der Waals surface area (Å²) >= 11 is 0. The van der Waals surface area contributed by atoms with Crippen molar-refractivity contribution in [2.75, 3.05) is 5.73 Å². The van der Waals surface area contributed by atoms with Crippen molar-refractivity contribution in [3.8, 4) is 11.1 Å². The van der Waals surface area contributed by atoms with Crippen molar-refractivity contribution in [2.45, 2.75) is 0 Å². The predicted octanol–water partition coefficient (Wildman–Crippen LogP) is 3.35. The summed E-state index contributed by atoms with van der Waals surface area (Å²) in [6, 6.07) is 12.1. The van der Waals surface area contributed by atoms with Gasteiger partial charge < -0.3 is 10.3 Å². The van der Waals surface area contributed by atoms with Crippen molar-refractivity contribution in [1.29, 1.82) is 0 Å². The number of hydrogen-bond donors (Lipinski definition) is 1. The van der Waals surface area contributed by atoms with Crippen LogP contribution in [0.1, 0.15) is 0 Å². The molecule has 0 atom stereocenters. The van der Waals surface area contributed by atoms with Crippen LogP contribution in [0.2, 0.25) is 0 Å². The number of rotatable bonds is 1. The minimum absolute atomic E-state index is 0. The van der Waals surface area contributed by atoms with Crippen LogP contribution >= 0.6 is 12.4 Å². The van der Waals surface area contributed by atoms with E-state index < -0.39 is 5.82 Å². The quantitative estimate of drug-likeness (QED) is 0.701. The lowest BCUT2D eigenvalue weighted by molar-refractivity contribution is 0.636. The van der Waals surface area contributed by atoms with Gasteiger partial charge in [0.15, 0.2) is 5.82 Å². The van der Waals surface area contributed by atoms with Crippen LogP contribution in [0.25, 0.3) is 21.9 Å². The Hall–Kier alpha value is -2.33. The molecular weight excluding hydrogens is 291 g/mol. The molecule has 3 rings (SSSR count). The third kappa shape index (κ3) is 2.38. The van der Waals surface area contributed by atoms with Crippen molar-refractivity contribution < 1.29 is 4.39 Å². The van der Waals surface area contributed by atoms with Crippen LogP contribution in [0.5, 0.6) is 0 Å². The number of halogens is 2. The van der Waals surface area contributed by atoms with E-state index in [0.29, 0.717) is 16.5 Å². The molecule has 1 aromatic heterocycles. The van der Waals surface area contributed by atoms with Crippen LogP contribution in [0.3, 0.4) is 0 Å². The zero-order valence-corrected chi connectivity index (χ0v) is 12.2. The first-order chi connectivity index (χ1) is 9.59. The molecule has 2 aromatic carbocycles. The van der Waals surface area contributed by atoms with Gasteiger partial charge in [0.25, 0.3) is 5.56 Å². The molecule has 0 bridgehead atoms. The Balaban J connectivity index is 0.00000161. The van der Waals surface area contributed by atoms with Crippen LogP contribution in [0.15, 0.2) is 53.5 Å². The molecule has 0 aliphatic carbocycles. The minimum Gasteiger partial charge on any atom is -0.396 e. The molecule has 0 saturated carbocycles. The lowest BCUT2D eigenvalue weighted by atomic mass is 10.00. The molecule has 0 spiro atoms. The maximum Gasteiger partial charge on any atom is 0.258 e. The molecular formula is C16H14ClFN2O. The van der Waals surface area contributed by atoms with Gasteiger partial charge in [-0.3, -0.25) is 4.79 Å². The van der Waals surface area contributed by atoms with Crippen molar-refractivity contribution in [3.05, 3.63) is 64.8 Å². The summed E-state index contributed by atoms with van der Waals surface area (Å²) in [6.07, 6.45) is 1.64. The first-order valence-electron chi connectivity index (χ1n) is 6.22. The fourth-order valence-corrected chi connectivity index (χ4v) is 2.39. The Morgan fingerprint density at radius 3 is 2.38 bits per heavy atom. The molecule has 0 aliphatic heterocycles. The second kappa shape index (κ2) is 5.58. The van der Waals surface area contributed by atoms with Crippen LogP contribution in [0, 0.1) is 5.82 Å². The number of anilines is 1. The molecule has 5 heteroatoms. The lowest BCUT2D eigenvalue weighted by Gasteiger charge is -2.11. The van der Waals surface area contributed by atoms with Crippen LogP contribution < -0.4 is 11.3 Å². The molecule has 21 heavy (non-hydrogen) atoms. The molecule has 0 saturated heterocycles. The number of hydrogen-bond acceptors (Lipinski definition) is 2. The van der Waals surface area contributed by atoms with Gasteiger partial charge in [0, 0.05) is 29.8 Å². The smallest absolute Gasteiger partial charge is 0.258 e.